The second kappa shape index (κ2) is 5.49. The van der Waals surface area contributed by atoms with E-state index in [1.165, 1.54) is 0 Å². The molecule has 11 heavy (non-hydrogen) atoms. The van der Waals surface area contributed by atoms with Crippen LogP contribution in [0.3, 0.4) is 0 Å². The summed E-state index contributed by atoms with van der Waals surface area (Å²) in [6.45, 7) is 2.94. The van der Waals surface area contributed by atoms with Gasteiger partial charge in [-0.1, -0.05) is 0 Å². The molecule has 68 valence electrons. The lowest BCUT2D eigenvalue weighted by atomic mass is 10.2. The highest BCUT2D eigenvalue weighted by molar-refractivity contribution is 4.63. The SMILES string of the molecule is CC(CO)O[C@@H](C)[C@@H](O)CO. The van der Waals surface area contributed by atoms with Gasteiger partial charge in [-0.3, -0.25) is 0 Å². The molecular weight excluding hydrogens is 148 g/mol. The zero-order valence-electron chi connectivity index (χ0n) is 6.90. The van der Waals surface area contributed by atoms with Crippen LogP contribution in [0.1, 0.15) is 13.8 Å². The van der Waals surface area contributed by atoms with Gasteiger partial charge in [0.2, 0.25) is 0 Å². The lowest BCUT2D eigenvalue weighted by Crippen LogP contribution is -2.33. The van der Waals surface area contributed by atoms with Crippen LogP contribution in [0.2, 0.25) is 0 Å². The maximum Gasteiger partial charge on any atom is 0.103 e. The predicted molar refractivity (Wildman–Crippen MR) is 40.2 cm³/mol. The summed E-state index contributed by atoms with van der Waals surface area (Å²) in [7, 11) is 0. The minimum Gasteiger partial charge on any atom is -0.394 e. The van der Waals surface area contributed by atoms with Crippen LogP contribution in [0.15, 0.2) is 0 Å². The minimum absolute atomic E-state index is 0.0809. The number of hydrogen-bond acceptors (Lipinski definition) is 4. The van der Waals surface area contributed by atoms with Crippen molar-refractivity contribution in [2.24, 2.45) is 0 Å². The van der Waals surface area contributed by atoms with Crippen molar-refractivity contribution in [1.82, 2.24) is 0 Å². The van der Waals surface area contributed by atoms with Gasteiger partial charge in [-0.15, -0.1) is 0 Å². The van der Waals surface area contributed by atoms with Gasteiger partial charge in [0, 0.05) is 0 Å². The van der Waals surface area contributed by atoms with Gasteiger partial charge >= 0.3 is 0 Å². The molecule has 0 aliphatic carbocycles. The summed E-state index contributed by atoms with van der Waals surface area (Å²) in [5.41, 5.74) is 0. The number of aliphatic hydroxyl groups is 3. The van der Waals surface area contributed by atoms with Gasteiger partial charge in [-0.25, -0.2) is 0 Å². The molecule has 0 heterocycles. The first-order chi connectivity index (χ1) is 5.11. The highest BCUT2D eigenvalue weighted by atomic mass is 16.5. The fraction of sp³-hybridized carbons (Fsp3) is 1.00. The van der Waals surface area contributed by atoms with Crippen molar-refractivity contribution in [1.29, 1.82) is 0 Å². The van der Waals surface area contributed by atoms with Crippen LogP contribution >= 0.6 is 0 Å². The second-order valence-electron chi connectivity index (χ2n) is 2.58. The molecule has 0 aromatic rings. The van der Waals surface area contributed by atoms with E-state index in [0.29, 0.717) is 0 Å². The standard InChI is InChI=1S/C7H16O4/c1-5(3-8)11-6(2)7(10)4-9/h5-10H,3-4H2,1-2H3/t5?,6-,7-/m0/s1. The molecule has 0 saturated carbocycles. The molecule has 0 fully saturated rings. The van der Waals surface area contributed by atoms with E-state index in [4.69, 9.17) is 20.1 Å². The largest absolute Gasteiger partial charge is 0.394 e. The third-order valence-electron chi connectivity index (χ3n) is 1.43. The Morgan fingerprint density at radius 1 is 1.18 bits per heavy atom. The molecule has 3 atom stereocenters. The lowest BCUT2D eigenvalue weighted by Gasteiger charge is -2.20. The molecule has 0 amide bonds. The van der Waals surface area contributed by atoms with Gasteiger partial charge in [-0.05, 0) is 13.8 Å². The van der Waals surface area contributed by atoms with Crippen molar-refractivity contribution >= 4 is 0 Å². The van der Waals surface area contributed by atoms with Crippen molar-refractivity contribution in [3.05, 3.63) is 0 Å². The Balaban J connectivity index is 3.58. The fourth-order valence-electron chi connectivity index (χ4n) is 0.649. The summed E-state index contributed by atoms with van der Waals surface area (Å²) in [4.78, 5) is 0. The first-order valence-electron chi connectivity index (χ1n) is 3.67. The average molecular weight is 164 g/mol. The van der Waals surface area contributed by atoms with Gasteiger partial charge in [0.15, 0.2) is 0 Å². The maximum absolute atomic E-state index is 9.01. The van der Waals surface area contributed by atoms with E-state index < -0.39 is 12.2 Å². The topological polar surface area (TPSA) is 69.9 Å². The Morgan fingerprint density at radius 3 is 2.09 bits per heavy atom. The molecule has 0 radical (unpaired) electrons. The van der Waals surface area contributed by atoms with Gasteiger partial charge < -0.3 is 20.1 Å². The molecule has 0 spiro atoms. The third-order valence-corrected chi connectivity index (χ3v) is 1.43. The average Bonchev–Trinajstić information content (AvgIpc) is 2.02. The number of aliphatic hydroxyl groups excluding tert-OH is 3. The van der Waals surface area contributed by atoms with Crippen molar-refractivity contribution in [3.8, 4) is 0 Å². The van der Waals surface area contributed by atoms with Crippen molar-refractivity contribution < 1.29 is 20.1 Å². The molecule has 0 aliphatic rings. The summed E-state index contributed by atoms with van der Waals surface area (Å²) in [6, 6.07) is 0. The van der Waals surface area contributed by atoms with Crippen molar-refractivity contribution in [2.75, 3.05) is 13.2 Å². The van der Waals surface area contributed by atoms with Crippen LogP contribution in [0.4, 0.5) is 0 Å². The predicted octanol–water partition coefficient (Wildman–Crippen LogP) is -0.875. The van der Waals surface area contributed by atoms with Crippen molar-refractivity contribution in [2.45, 2.75) is 32.2 Å². The zero-order valence-corrected chi connectivity index (χ0v) is 6.90. The molecular formula is C7H16O4. The Morgan fingerprint density at radius 2 is 1.73 bits per heavy atom. The lowest BCUT2D eigenvalue weighted by molar-refractivity contribution is -0.0887. The smallest absolute Gasteiger partial charge is 0.103 e. The summed E-state index contributed by atoms with van der Waals surface area (Å²) < 4.78 is 5.09. The van der Waals surface area contributed by atoms with Gasteiger partial charge in [0.05, 0.1) is 25.4 Å². The second-order valence-corrected chi connectivity index (χ2v) is 2.58. The monoisotopic (exact) mass is 164 g/mol. The van der Waals surface area contributed by atoms with E-state index in [2.05, 4.69) is 0 Å². The fourth-order valence-corrected chi connectivity index (χ4v) is 0.649. The van der Waals surface area contributed by atoms with Crippen LogP contribution in [-0.4, -0.2) is 46.8 Å². The Bertz CT molecular complexity index is 96.4. The number of rotatable bonds is 5. The molecule has 4 heteroatoms. The zero-order chi connectivity index (χ0) is 8.85. The third kappa shape index (κ3) is 4.31. The molecule has 0 aromatic heterocycles. The molecule has 0 aromatic carbocycles. The van der Waals surface area contributed by atoms with Gasteiger partial charge in [-0.2, -0.15) is 0 Å². The summed E-state index contributed by atoms with van der Waals surface area (Å²) >= 11 is 0. The number of ether oxygens (including phenoxy) is 1. The normalized spacial score (nSPS) is 19.4. The number of hydrogen-bond donors (Lipinski definition) is 3. The van der Waals surface area contributed by atoms with Crippen molar-refractivity contribution in [3.63, 3.8) is 0 Å². The quantitative estimate of drug-likeness (QED) is 0.494. The molecule has 0 rings (SSSR count). The maximum atomic E-state index is 9.01. The molecule has 4 nitrogen and oxygen atoms in total. The van der Waals surface area contributed by atoms with E-state index in [1.807, 2.05) is 0 Å². The Kier molecular flexibility index (Phi) is 5.41. The Labute approximate surface area is 66.4 Å². The summed E-state index contributed by atoms with van der Waals surface area (Å²) in [6.07, 6.45) is -1.61. The van der Waals surface area contributed by atoms with Crippen LogP contribution < -0.4 is 0 Å². The highest BCUT2D eigenvalue weighted by Gasteiger charge is 2.15. The van der Waals surface area contributed by atoms with E-state index in [-0.39, 0.29) is 19.3 Å². The van der Waals surface area contributed by atoms with E-state index in [1.54, 1.807) is 13.8 Å². The van der Waals surface area contributed by atoms with Crippen LogP contribution in [0, 0.1) is 0 Å². The van der Waals surface area contributed by atoms with Crippen LogP contribution in [0.25, 0.3) is 0 Å². The molecule has 0 aliphatic heterocycles. The molecule has 1 unspecified atom stereocenters. The summed E-state index contributed by atoms with van der Waals surface area (Å²) in [5.74, 6) is 0. The van der Waals surface area contributed by atoms with E-state index in [0.717, 1.165) is 0 Å². The molecule has 0 saturated heterocycles. The van der Waals surface area contributed by atoms with Gasteiger partial charge in [0.1, 0.15) is 6.10 Å². The van der Waals surface area contributed by atoms with E-state index in [9.17, 15) is 0 Å². The van der Waals surface area contributed by atoms with E-state index >= 15 is 0 Å². The van der Waals surface area contributed by atoms with Gasteiger partial charge in [0.25, 0.3) is 0 Å². The minimum atomic E-state index is -0.871. The first-order valence-corrected chi connectivity index (χ1v) is 3.67. The van der Waals surface area contributed by atoms with Crippen LogP contribution in [0.5, 0.6) is 0 Å². The Hall–Kier alpha value is -0.160. The molecule has 0 bridgehead atoms. The molecule has 3 N–H and O–H groups in total. The van der Waals surface area contributed by atoms with Crippen LogP contribution in [-0.2, 0) is 4.74 Å². The summed E-state index contributed by atoms with van der Waals surface area (Å²) in [5, 5.41) is 26.1. The highest BCUT2D eigenvalue weighted by Crippen LogP contribution is 2.01. The first kappa shape index (κ1) is 10.8.